The highest BCUT2D eigenvalue weighted by Crippen LogP contribution is 2.24. The fourth-order valence-corrected chi connectivity index (χ4v) is 3.61. The molecule has 0 aliphatic heterocycles. The number of nitrogens with zero attached hydrogens (tertiary/aromatic N) is 5. The summed E-state index contributed by atoms with van der Waals surface area (Å²) in [4.78, 5) is 21.6. The molecule has 1 amide bonds. The molecule has 0 spiro atoms. The molecule has 0 unspecified atom stereocenters. The lowest BCUT2D eigenvalue weighted by molar-refractivity contribution is 0.0935. The van der Waals surface area contributed by atoms with E-state index in [1.54, 1.807) is 47.7 Å². The third kappa shape index (κ3) is 3.96. The van der Waals surface area contributed by atoms with Crippen molar-refractivity contribution in [2.75, 3.05) is 5.32 Å². The summed E-state index contributed by atoms with van der Waals surface area (Å²) in [6, 6.07) is 5.22. The fraction of sp³-hybridized carbons (Fsp3) is 0.316. The molecule has 3 aromatic rings. The maximum Gasteiger partial charge on any atom is 0.253 e. The van der Waals surface area contributed by atoms with Crippen LogP contribution < -0.4 is 10.6 Å². The van der Waals surface area contributed by atoms with Crippen LogP contribution in [0.2, 0.25) is 5.02 Å². The van der Waals surface area contributed by atoms with E-state index in [2.05, 4.69) is 30.9 Å². The zero-order chi connectivity index (χ0) is 19.5. The summed E-state index contributed by atoms with van der Waals surface area (Å²) in [5.41, 5.74) is 1.95. The fourth-order valence-electron chi connectivity index (χ4n) is 3.44. The van der Waals surface area contributed by atoms with E-state index in [0.717, 1.165) is 25.0 Å². The number of carbonyl (C=O) groups excluding carboxylic acids is 1. The summed E-state index contributed by atoms with van der Waals surface area (Å²) in [5.74, 6) is 0.518. The van der Waals surface area contributed by atoms with Gasteiger partial charge in [-0.3, -0.25) is 9.78 Å². The van der Waals surface area contributed by atoms with E-state index in [1.165, 1.54) is 0 Å². The lowest BCUT2D eigenvalue weighted by atomic mass is 10.1. The normalized spacial score (nSPS) is 18.8. The highest BCUT2D eigenvalue weighted by molar-refractivity contribution is 6.31. The monoisotopic (exact) mass is 397 g/mol. The third-order valence-corrected chi connectivity index (χ3v) is 5.05. The minimum Gasteiger partial charge on any atom is -0.364 e. The number of halogens is 1. The van der Waals surface area contributed by atoms with Gasteiger partial charge >= 0.3 is 0 Å². The van der Waals surface area contributed by atoms with Gasteiger partial charge in [-0.15, -0.1) is 5.10 Å². The molecule has 4 rings (SSSR count). The molecule has 1 fully saturated rings. The minimum atomic E-state index is -0.193. The summed E-state index contributed by atoms with van der Waals surface area (Å²) in [6.07, 6.45) is 9.56. The topological polar surface area (TPSA) is 97.6 Å². The van der Waals surface area contributed by atoms with Crippen molar-refractivity contribution in [3.05, 3.63) is 59.3 Å². The second-order valence-corrected chi connectivity index (χ2v) is 7.25. The molecular weight excluding hydrogens is 378 g/mol. The molecule has 8 nitrogen and oxygen atoms in total. The second-order valence-electron chi connectivity index (χ2n) is 6.81. The Morgan fingerprint density at radius 1 is 1.21 bits per heavy atom. The maximum atomic E-state index is 13.0. The number of nitrogens with one attached hydrogen (secondary N) is 2. The van der Waals surface area contributed by atoms with Gasteiger partial charge in [-0.05, 0) is 44.4 Å². The van der Waals surface area contributed by atoms with Crippen LogP contribution in [0.15, 0.2) is 43.0 Å². The van der Waals surface area contributed by atoms with Crippen LogP contribution in [0, 0.1) is 6.92 Å². The standard InChI is InChI=1S/C19H20ClN7O/c1-12-10-22-18(11-21-12)24-15-3-2-4-16(15)25-19(28)14-9-13(20)5-6-17(14)27-8-7-23-26-27/h5-11,15-16H,2-4H2,1H3,(H,22,24)(H,25,28)/t15-,16-/m0/s1. The van der Waals surface area contributed by atoms with Gasteiger partial charge in [0.1, 0.15) is 5.82 Å². The Bertz CT molecular complexity index is 959. The maximum absolute atomic E-state index is 13.0. The molecule has 0 saturated heterocycles. The number of aryl methyl sites for hydroxylation is 1. The van der Waals surface area contributed by atoms with Crippen LogP contribution in [0.3, 0.4) is 0 Å². The first kappa shape index (κ1) is 18.4. The van der Waals surface area contributed by atoms with Gasteiger partial charge in [0, 0.05) is 17.1 Å². The van der Waals surface area contributed by atoms with Crippen LogP contribution in [-0.2, 0) is 0 Å². The molecule has 1 aromatic carbocycles. The Balaban J connectivity index is 1.51. The van der Waals surface area contributed by atoms with E-state index < -0.39 is 0 Å². The summed E-state index contributed by atoms with van der Waals surface area (Å²) in [6.45, 7) is 1.90. The van der Waals surface area contributed by atoms with Crippen molar-refractivity contribution < 1.29 is 4.79 Å². The van der Waals surface area contributed by atoms with E-state index in [9.17, 15) is 4.79 Å². The summed E-state index contributed by atoms with van der Waals surface area (Å²) < 4.78 is 1.55. The molecule has 1 saturated carbocycles. The molecule has 2 heterocycles. The van der Waals surface area contributed by atoms with Crippen LogP contribution >= 0.6 is 11.6 Å². The smallest absolute Gasteiger partial charge is 0.253 e. The van der Waals surface area contributed by atoms with E-state index >= 15 is 0 Å². The summed E-state index contributed by atoms with van der Waals surface area (Å²) in [7, 11) is 0. The van der Waals surface area contributed by atoms with E-state index in [1.807, 2.05) is 6.92 Å². The predicted octanol–water partition coefficient (Wildman–Crippen LogP) is 2.78. The Hall–Kier alpha value is -3.00. The van der Waals surface area contributed by atoms with Gasteiger partial charge in [-0.1, -0.05) is 16.8 Å². The first-order chi connectivity index (χ1) is 13.6. The largest absolute Gasteiger partial charge is 0.364 e. The number of hydrogen-bond acceptors (Lipinski definition) is 6. The first-order valence-corrected chi connectivity index (χ1v) is 9.50. The zero-order valence-electron chi connectivity index (χ0n) is 15.3. The molecule has 28 heavy (non-hydrogen) atoms. The van der Waals surface area contributed by atoms with Crippen LogP contribution in [0.4, 0.5) is 5.82 Å². The molecule has 0 bridgehead atoms. The number of anilines is 1. The van der Waals surface area contributed by atoms with Gasteiger partial charge in [-0.25, -0.2) is 9.67 Å². The molecule has 2 N–H and O–H groups in total. The van der Waals surface area contributed by atoms with E-state index in [0.29, 0.717) is 22.1 Å². The average Bonchev–Trinajstić information content (AvgIpc) is 3.36. The Morgan fingerprint density at radius 3 is 2.82 bits per heavy atom. The van der Waals surface area contributed by atoms with E-state index in [-0.39, 0.29) is 18.0 Å². The molecule has 144 valence electrons. The number of carbonyl (C=O) groups is 1. The quantitative estimate of drug-likeness (QED) is 0.687. The highest BCUT2D eigenvalue weighted by Gasteiger charge is 2.30. The predicted molar refractivity (Wildman–Crippen MR) is 106 cm³/mol. The van der Waals surface area contributed by atoms with E-state index in [4.69, 9.17) is 11.6 Å². The van der Waals surface area contributed by atoms with Gasteiger partial charge in [0.2, 0.25) is 0 Å². The van der Waals surface area contributed by atoms with Crippen molar-refractivity contribution >= 4 is 23.3 Å². The highest BCUT2D eigenvalue weighted by atomic mass is 35.5. The molecule has 1 aliphatic carbocycles. The molecule has 9 heteroatoms. The van der Waals surface area contributed by atoms with Crippen molar-refractivity contribution in [1.29, 1.82) is 0 Å². The summed E-state index contributed by atoms with van der Waals surface area (Å²) >= 11 is 6.13. The van der Waals surface area contributed by atoms with Crippen molar-refractivity contribution in [2.24, 2.45) is 0 Å². The molecule has 2 aromatic heterocycles. The second kappa shape index (κ2) is 7.93. The van der Waals surface area contributed by atoms with Crippen LogP contribution in [0.1, 0.15) is 35.3 Å². The van der Waals surface area contributed by atoms with Crippen LogP contribution in [0.25, 0.3) is 5.69 Å². The Kier molecular flexibility index (Phi) is 5.21. The van der Waals surface area contributed by atoms with Crippen molar-refractivity contribution in [2.45, 2.75) is 38.3 Å². The molecule has 2 atom stereocenters. The molecular formula is C19H20ClN7O. The van der Waals surface area contributed by atoms with Gasteiger partial charge in [0.05, 0.1) is 41.7 Å². The lowest BCUT2D eigenvalue weighted by Crippen LogP contribution is -2.43. The first-order valence-electron chi connectivity index (χ1n) is 9.12. The van der Waals surface area contributed by atoms with Gasteiger partial charge in [0.25, 0.3) is 5.91 Å². The number of amides is 1. The Labute approximate surface area is 167 Å². The average molecular weight is 398 g/mol. The SMILES string of the molecule is Cc1cnc(N[C@H]2CCC[C@@H]2NC(=O)c2cc(Cl)ccc2-n2ccnn2)cn1. The van der Waals surface area contributed by atoms with Crippen LogP contribution in [0.5, 0.6) is 0 Å². The van der Waals surface area contributed by atoms with Crippen molar-refractivity contribution in [3.8, 4) is 5.69 Å². The van der Waals surface area contributed by atoms with Gasteiger partial charge in [0.15, 0.2) is 0 Å². The van der Waals surface area contributed by atoms with Crippen molar-refractivity contribution in [3.63, 3.8) is 0 Å². The summed E-state index contributed by atoms with van der Waals surface area (Å²) in [5, 5.41) is 14.8. The van der Waals surface area contributed by atoms with Crippen LogP contribution in [-0.4, -0.2) is 43.0 Å². The number of aromatic nitrogens is 5. The van der Waals surface area contributed by atoms with Gasteiger partial charge in [-0.2, -0.15) is 0 Å². The van der Waals surface area contributed by atoms with Gasteiger partial charge < -0.3 is 10.6 Å². The lowest BCUT2D eigenvalue weighted by Gasteiger charge is -2.23. The third-order valence-electron chi connectivity index (χ3n) is 4.82. The number of hydrogen-bond donors (Lipinski definition) is 2. The Morgan fingerprint density at radius 2 is 2.07 bits per heavy atom. The van der Waals surface area contributed by atoms with Crippen molar-refractivity contribution in [1.82, 2.24) is 30.3 Å². The molecule has 0 radical (unpaired) electrons. The zero-order valence-corrected chi connectivity index (χ0v) is 16.1. The molecule has 1 aliphatic rings. The number of benzene rings is 1. The number of rotatable bonds is 5. The minimum absolute atomic E-state index is 0.0156.